The lowest BCUT2D eigenvalue weighted by Gasteiger charge is -2.38. The van der Waals surface area contributed by atoms with Gasteiger partial charge in [-0.05, 0) is 62.3 Å². The summed E-state index contributed by atoms with van der Waals surface area (Å²) in [5, 5.41) is 18.7. The van der Waals surface area contributed by atoms with Crippen LogP contribution in [0.3, 0.4) is 0 Å². The van der Waals surface area contributed by atoms with E-state index in [9.17, 15) is 9.90 Å². The number of carbonyl (C=O) groups excluding carboxylic acids is 1. The molecule has 0 bridgehead atoms. The molecule has 2 aromatic heterocycles. The van der Waals surface area contributed by atoms with Crippen molar-refractivity contribution in [1.29, 1.82) is 0 Å². The second-order valence-corrected chi connectivity index (χ2v) is 10.0. The van der Waals surface area contributed by atoms with Crippen LogP contribution in [0.5, 0.6) is 5.75 Å². The second kappa shape index (κ2) is 10.0. The minimum atomic E-state index is -0.817. The summed E-state index contributed by atoms with van der Waals surface area (Å²) < 4.78 is 7.35. The average Bonchev–Trinajstić information content (AvgIpc) is 3.30. The first kappa shape index (κ1) is 23.7. The van der Waals surface area contributed by atoms with Crippen LogP contribution in [0.2, 0.25) is 0 Å². The van der Waals surface area contributed by atoms with Crippen LogP contribution in [0.1, 0.15) is 54.3 Å². The summed E-state index contributed by atoms with van der Waals surface area (Å²) in [5.74, 6) is 1.61. The molecule has 6 rings (SSSR count). The fourth-order valence-corrected chi connectivity index (χ4v) is 5.83. The maximum absolute atomic E-state index is 13.0. The molecular formula is C27H33N7O3. The lowest BCUT2D eigenvalue weighted by atomic mass is 10.0. The summed E-state index contributed by atoms with van der Waals surface area (Å²) in [6.07, 6.45) is 8.16. The Balaban J connectivity index is 1.11. The third kappa shape index (κ3) is 4.61. The van der Waals surface area contributed by atoms with Crippen molar-refractivity contribution in [2.24, 2.45) is 0 Å². The summed E-state index contributed by atoms with van der Waals surface area (Å²) >= 11 is 0. The number of amides is 2. The minimum absolute atomic E-state index is 0.0423. The third-order valence-corrected chi connectivity index (χ3v) is 7.93. The number of piperidine rings is 1. The smallest absolute Gasteiger partial charge is 0.322 e. The number of aromatic nitrogens is 4. The molecule has 5 heterocycles. The van der Waals surface area contributed by atoms with E-state index in [1.54, 1.807) is 13.3 Å². The standard InChI is InChI=1S/C27H33N7O3/c1-37-20-5-6-22-18(14-20)7-13-33(27(36)31-22)19-8-11-32(12-9-19)25-15-23(28-17-29-25)26(35)21-16-30-34-10-3-2-4-24(21)34/h5-6,14-17,19,26,35H,2-4,7-13H2,1H3,(H,31,36). The molecule has 0 aliphatic carbocycles. The lowest BCUT2D eigenvalue weighted by molar-refractivity contribution is 0.177. The first-order chi connectivity index (χ1) is 18.1. The Kier molecular flexibility index (Phi) is 6.42. The Hall–Kier alpha value is -3.66. The number of benzene rings is 1. The number of nitrogens with zero attached hydrogens (tertiary/aromatic N) is 6. The fraction of sp³-hybridized carbons (Fsp3) is 0.481. The molecule has 1 unspecified atom stereocenters. The molecule has 10 heteroatoms. The molecule has 3 aromatic rings. The predicted octanol–water partition coefficient (Wildman–Crippen LogP) is 3.16. The number of hydrogen-bond donors (Lipinski definition) is 2. The number of aliphatic hydroxyl groups excluding tert-OH is 1. The molecule has 10 nitrogen and oxygen atoms in total. The SMILES string of the molecule is COc1ccc2c(c1)CCN(C1CCN(c3cc(C(O)c4cnn5c4CCCC5)ncn3)CC1)C(=O)N2. The number of urea groups is 1. The van der Waals surface area contributed by atoms with Gasteiger partial charge in [-0.2, -0.15) is 5.10 Å². The van der Waals surface area contributed by atoms with Crippen molar-refractivity contribution in [2.45, 2.75) is 57.2 Å². The van der Waals surface area contributed by atoms with Gasteiger partial charge >= 0.3 is 6.03 Å². The largest absolute Gasteiger partial charge is 0.497 e. The van der Waals surface area contributed by atoms with Gasteiger partial charge in [0.1, 0.15) is 24.0 Å². The van der Waals surface area contributed by atoms with Crippen LogP contribution < -0.4 is 15.0 Å². The molecule has 0 spiro atoms. The van der Waals surface area contributed by atoms with Crippen molar-refractivity contribution in [3.63, 3.8) is 0 Å². The van der Waals surface area contributed by atoms with E-state index in [0.717, 1.165) is 92.2 Å². The number of hydrogen-bond acceptors (Lipinski definition) is 7. The van der Waals surface area contributed by atoms with E-state index in [0.29, 0.717) is 12.2 Å². The van der Waals surface area contributed by atoms with E-state index in [1.165, 1.54) is 6.33 Å². The van der Waals surface area contributed by atoms with Crippen LogP contribution in [0.25, 0.3) is 0 Å². The van der Waals surface area contributed by atoms with E-state index < -0.39 is 6.10 Å². The number of aryl methyl sites for hydroxylation is 1. The Labute approximate surface area is 216 Å². The fourth-order valence-electron chi connectivity index (χ4n) is 5.83. The van der Waals surface area contributed by atoms with Crippen molar-refractivity contribution < 1.29 is 14.6 Å². The van der Waals surface area contributed by atoms with Crippen molar-refractivity contribution in [3.8, 4) is 5.75 Å². The van der Waals surface area contributed by atoms with Crippen LogP contribution in [0, 0.1) is 0 Å². The molecule has 0 saturated carbocycles. The maximum atomic E-state index is 13.0. The summed E-state index contributed by atoms with van der Waals surface area (Å²) in [6.45, 7) is 3.15. The predicted molar refractivity (Wildman–Crippen MR) is 139 cm³/mol. The molecule has 2 N–H and O–H groups in total. The average molecular weight is 504 g/mol. The van der Waals surface area contributed by atoms with Crippen LogP contribution in [0.15, 0.2) is 36.8 Å². The second-order valence-electron chi connectivity index (χ2n) is 10.0. The molecule has 1 saturated heterocycles. The van der Waals surface area contributed by atoms with Crippen LogP contribution in [0.4, 0.5) is 16.3 Å². The molecule has 1 fully saturated rings. The number of aliphatic hydroxyl groups is 1. The zero-order chi connectivity index (χ0) is 25.4. The first-order valence-corrected chi connectivity index (χ1v) is 13.1. The van der Waals surface area contributed by atoms with Crippen molar-refractivity contribution in [3.05, 3.63) is 59.3 Å². The summed E-state index contributed by atoms with van der Waals surface area (Å²) in [6, 6.07) is 7.81. The van der Waals surface area contributed by atoms with Crippen LogP contribution in [-0.2, 0) is 19.4 Å². The highest BCUT2D eigenvalue weighted by molar-refractivity contribution is 5.91. The number of fused-ring (bicyclic) bond motifs is 2. The molecule has 2 amide bonds. The number of methoxy groups -OCH3 is 1. The molecule has 3 aliphatic heterocycles. The number of carbonyl (C=O) groups is 1. The van der Waals surface area contributed by atoms with Gasteiger partial charge < -0.3 is 25.0 Å². The topological polar surface area (TPSA) is 109 Å². The van der Waals surface area contributed by atoms with Gasteiger partial charge in [-0.3, -0.25) is 4.68 Å². The first-order valence-electron chi connectivity index (χ1n) is 13.1. The summed E-state index contributed by atoms with van der Waals surface area (Å²) in [5.41, 5.74) is 4.50. The molecular weight excluding hydrogens is 470 g/mol. The van der Waals surface area contributed by atoms with Gasteiger partial charge in [-0.25, -0.2) is 14.8 Å². The highest BCUT2D eigenvalue weighted by Gasteiger charge is 2.31. The van der Waals surface area contributed by atoms with E-state index in [4.69, 9.17) is 4.74 Å². The monoisotopic (exact) mass is 503 g/mol. The Morgan fingerprint density at radius 1 is 1.08 bits per heavy atom. The zero-order valence-corrected chi connectivity index (χ0v) is 21.1. The molecule has 0 radical (unpaired) electrons. The van der Waals surface area contributed by atoms with E-state index in [-0.39, 0.29) is 12.1 Å². The van der Waals surface area contributed by atoms with Crippen molar-refractivity contribution >= 4 is 17.5 Å². The van der Waals surface area contributed by atoms with Crippen LogP contribution in [-0.4, -0.2) is 68.6 Å². The molecule has 1 aromatic carbocycles. The molecule has 194 valence electrons. The quantitative estimate of drug-likeness (QED) is 0.551. The summed E-state index contributed by atoms with van der Waals surface area (Å²) in [7, 11) is 1.66. The zero-order valence-electron chi connectivity index (χ0n) is 21.1. The van der Waals surface area contributed by atoms with Gasteiger partial charge in [0.25, 0.3) is 0 Å². The normalized spacial score (nSPS) is 19.0. The maximum Gasteiger partial charge on any atom is 0.322 e. The number of ether oxygens (including phenoxy) is 1. The summed E-state index contributed by atoms with van der Waals surface area (Å²) in [4.78, 5) is 26.1. The number of nitrogens with one attached hydrogen (secondary N) is 1. The highest BCUT2D eigenvalue weighted by atomic mass is 16.5. The lowest BCUT2D eigenvalue weighted by Crippen LogP contribution is -2.49. The molecule has 1 atom stereocenters. The van der Waals surface area contributed by atoms with Crippen LogP contribution >= 0.6 is 0 Å². The molecule has 37 heavy (non-hydrogen) atoms. The Bertz CT molecular complexity index is 1280. The van der Waals surface area contributed by atoms with Crippen molar-refractivity contribution in [1.82, 2.24) is 24.6 Å². The van der Waals surface area contributed by atoms with Gasteiger partial charge in [0.2, 0.25) is 0 Å². The highest BCUT2D eigenvalue weighted by Crippen LogP contribution is 2.31. The van der Waals surface area contributed by atoms with E-state index >= 15 is 0 Å². The Morgan fingerprint density at radius 3 is 2.78 bits per heavy atom. The third-order valence-electron chi connectivity index (χ3n) is 7.93. The van der Waals surface area contributed by atoms with Gasteiger partial charge in [-0.1, -0.05) is 0 Å². The number of rotatable bonds is 5. The Morgan fingerprint density at radius 2 is 1.95 bits per heavy atom. The van der Waals surface area contributed by atoms with Gasteiger partial charge in [-0.15, -0.1) is 0 Å². The van der Waals surface area contributed by atoms with E-state index in [2.05, 4.69) is 25.3 Å². The molecule has 3 aliphatic rings. The van der Waals surface area contributed by atoms with Crippen molar-refractivity contribution in [2.75, 3.05) is 37.0 Å². The number of anilines is 2. The van der Waals surface area contributed by atoms with Gasteiger partial charge in [0.15, 0.2) is 0 Å². The van der Waals surface area contributed by atoms with E-state index in [1.807, 2.05) is 33.8 Å². The van der Waals surface area contributed by atoms with Gasteiger partial charge in [0, 0.05) is 55.2 Å². The minimum Gasteiger partial charge on any atom is -0.497 e. The van der Waals surface area contributed by atoms with Gasteiger partial charge in [0.05, 0.1) is 19.0 Å².